The Morgan fingerprint density at radius 3 is 2.21 bits per heavy atom. The molecule has 3 atom stereocenters. The van der Waals surface area contributed by atoms with Crippen LogP contribution in [0.4, 0.5) is 0 Å². The summed E-state index contributed by atoms with van der Waals surface area (Å²) in [6.07, 6.45) is 14.0. The number of unbranched alkanes of at least 4 members (excludes halogenated alkanes) is 4. The highest BCUT2D eigenvalue weighted by Crippen LogP contribution is 2.28. The first-order chi connectivity index (χ1) is 22.8. The van der Waals surface area contributed by atoms with Crippen LogP contribution >= 0.6 is 0 Å². The minimum absolute atomic E-state index is 0.142. The third kappa shape index (κ3) is 15.0. The fourth-order valence-electron chi connectivity index (χ4n) is 5.98. The number of carbonyl (C=O) groups is 5. The summed E-state index contributed by atoms with van der Waals surface area (Å²) in [5, 5.41) is 42.2. The topological polar surface area (TPSA) is 188 Å². The molecule has 3 unspecified atom stereocenters. The van der Waals surface area contributed by atoms with Gasteiger partial charge in [-0.2, -0.15) is 0 Å². The molecule has 0 bridgehead atoms. The maximum atomic E-state index is 13.3. The van der Waals surface area contributed by atoms with E-state index in [1.165, 1.54) is 38.2 Å². The van der Waals surface area contributed by atoms with Gasteiger partial charge in [-0.15, -0.1) is 0 Å². The summed E-state index contributed by atoms with van der Waals surface area (Å²) in [4.78, 5) is 61.2. The maximum Gasteiger partial charge on any atom is 0.337 e. The van der Waals surface area contributed by atoms with E-state index in [0.717, 1.165) is 38.2 Å². The van der Waals surface area contributed by atoms with Gasteiger partial charge in [0, 0.05) is 19.3 Å². The number of carbonyl (C=O) groups excluding carboxylic acids is 2. The highest BCUT2D eigenvalue weighted by Gasteiger charge is 2.49. The smallest absolute Gasteiger partial charge is 0.337 e. The van der Waals surface area contributed by atoms with Crippen LogP contribution in [0, 0.1) is 17.8 Å². The molecule has 0 aliphatic heterocycles. The van der Waals surface area contributed by atoms with Gasteiger partial charge in [0.1, 0.15) is 17.6 Å². The minimum atomic E-state index is -3.01. The number of hydrogen-bond donors (Lipinski definition) is 5. The summed E-state index contributed by atoms with van der Waals surface area (Å²) in [6, 6.07) is 5.22. The van der Waals surface area contributed by atoms with Crippen molar-refractivity contribution in [3.63, 3.8) is 0 Å². The number of carboxylic acid groups (broad SMARTS) is 3. The third-order valence-corrected chi connectivity index (χ3v) is 8.99. The summed E-state index contributed by atoms with van der Waals surface area (Å²) in [5.74, 6) is -5.85. The SMILES string of the molecule is CC(C)CCOc1ccc(CC(NC(=O)C(/C=C/CCCCCCC(=O)CCC2CCCCC2)C(O)(CC(=O)O)C(=O)O)C(=O)O)cc1. The number of benzene rings is 1. The number of aliphatic hydroxyl groups is 1. The van der Waals surface area contributed by atoms with Crippen molar-refractivity contribution in [2.45, 2.75) is 128 Å². The average Bonchev–Trinajstić information content (AvgIpc) is 3.03. The predicted molar refractivity (Wildman–Crippen MR) is 181 cm³/mol. The monoisotopic (exact) mass is 673 g/mol. The van der Waals surface area contributed by atoms with Crippen LogP contribution in [0.25, 0.3) is 0 Å². The lowest BCUT2D eigenvalue weighted by Gasteiger charge is -2.29. The number of amides is 1. The maximum absolute atomic E-state index is 13.3. The molecule has 11 nitrogen and oxygen atoms in total. The first-order valence-corrected chi connectivity index (χ1v) is 17.4. The molecule has 0 spiro atoms. The molecule has 11 heteroatoms. The lowest BCUT2D eigenvalue weighted by molar-refractivity contribution is -0.172. The summed E-state index contributed by atoms with van der Waals surface area (Å²) in [7, 11) is 0. The van der Waals surface area contributed by atoms with Crippen molar-refractivity contribution in [2.24, 2.45) is 17.8 Å². The molecule has 1 aliphatic rings. The van der Waals surface area contributed by atoms with E-state index in [1.807, 2.05) is 0 Å². The fourth-order valence-corrected chi connectivity index (χ4v) is 5.98. The third-order valence-electron chi connectivity index (χ3n) is 8.99. The van der Waals surface area contributed by atoms with Crippen molar-refractivity contribution in [1.82, 2.24) is 5.32 Å². The van der Waals surface area contributed by atoms with Crippen LogP contribution in [0.2, 0.25) is 0 Å². The first-order valence-electron chi connectivity index (χ1n) is 17.4. The summed E-state index contributed by atoms with van der Waals surface area (Å²) in [5.41, 5.74) is -2.45. The van der Waals surface area contributed by atoms with Crippen molar-refractivity contribution in [1.29, 1.82) is 0 Å². The second-order valence-electron chi connectivity index (χ2n) is 13.5. The van der Waals surface area contributed by atoms with Gasteiger partial charge in [0.05, 0.1) is 18.9 Å². The molecule has 1 aromatic carbocycles. The second-order valence-corrected chi connectivity index (χ2v) is 13.5. The largest absolute Gasteiger partial charge is 0.494 e. The van der Waals surface area contributed by atoms with Crippen molar-refractivity contribution in [3.8, 4) is 5.75 Å². The van der Waals surface area contributed by atoms with E-state index in [9.17, 15) is 44.4 Å². The van der Waals surface area contributed by atoms with Crippen LogP contribution in [-0.4, -0.2) is 68.3 Å². The molecular weight excluding hydrogens is 618 g/mol. The number of nitrogens with one attached hydrogen (secondary N) is 1. The molecule has 1 aromatic rings. The number of ketones is 1. The Hall–Kier alpha value is -3.73. The number of carboxylic acids is 3. The molecule has 1 amide bonds. The lowest BCUT2D eigenvalue weighted by atomic mass is 9.82. The van der Waals surface area contributed by atoms with E-state index in [-0.39, 0.29) is 6.42 Å². The van der Waals surface area contributed by atoms with Gasteiger partial charge in [-0.05, 0) is 61.6 Å². The van der Waals surface area contributed by atoms with Crippen LogP contribution in [0.3, 0.4) is 0 Å². The van der Waals surface area contributed by atoms with Crippen molar-refractivity contribution in [2.75, 3.05) is 6.61 Å². The Bertz CT molecular complexity index is 1210. The normalized spacial score (nSPS) is 16.2. The number of aliphatic carboxylic acids is 3. The van der Waals surface area contributed by atoms with Crippen LogP contribution in [0.5, 0.6) is 5.75 Å². The van der Waals surface area contributed by atoms with Crippen LogP contribution in [0.15, 0.2) is 36.4 Å². The quantitative estimate of drug-likeness (QED) is 0.0648. The van der Waals surface area contributed by atoms with Gasteiger partial charge in [0.2, 0.25) is 5.91 Å². The zero-order valence-electron chi connectivity index (χ0n) is 28.5. The van der Waals surface area contributed by atoms with Crippen LogP contribution in [-0.2, 0) is 30.4 Å². The molecule has 0 saturated heterocycles. The zero-order valence-corrected chi connectivity index (χ0v) is 28.5. The zero-order chi connectivity index (χ0) is 35.5. The molecule has 48 heavy (non-hydrogen) atoms. The molecule has 1 fully saturated rings. The van der Waals surface area contributed by atoms with Gasteiger partial charge < -0.3 is 30.5 Å². The molecule has 5 N–H and O–H groups in total. The van der Waals surface area contributed by atoms with Gasteiger partial charge in [0.25, 0.3) is 0 Å². The summed E-state index contributed by atoms with van der Waals surface area (Å²) >= 11 is 0. The Morgan fingerprint density at radius 1 is 0.938 bits per heavy atom. The van der Waals surface area contributed by atoms with E-state index < -0.39 is 47.8 Å². The summed E-state index contributed by atoms with van der Waals surface area (Å²) < 4.78 is 5.68. The van der Waals surface area contributed by atoms with Gasteiger partial charge >= 0.3 is 17.9 Å². The van der Waals surface area contributed by atoms with Crippen molar-refractivity contribution >= 4 is 29.6 Å². The van der Waals surface area contributed by atoms with Gasteiger partial charge in [-0.25, -0.2) is 9.59 Å². The van der Waals surface area contributed by atoms with Crippen molar-refractivity contribution in [3.05, 3.63) is 42.0 Å². The van der Waals surface area contributed by atoms with Gasteiger partial charge in [-0.1, -0.05) is 83.1 Å². The molecular formula is C37H55NO10. The van der Waals surface area contributed by atoms with Gasteiger partial charge in [-0.3, -0.25) is 14.4 Å². The van der Waals surface area contributed by atoms with E-state index in [2.05, 4.69) is 19.2 Å². The van der Waals surface area contributed by atoms with Gasteiger partial charge in [0.15, 0.2) is 5.60 Å². The summed E-state index contributed by atoms with van der Waals surface area (Å²) in [6.45, 7) is 4.70. The molecule has 0 aromatic heterocycles. The molecule has 0 heterocycles. The number of Topliss-reactive ketones (excluding diaryl/α,β-unsaturated/α-hetero) is 1. The highest BCUT2D eigenvalue weighted by atomic mass is 16.5. The Morgan fingerprint density at radius 2 is 1.60 bits per heavy atom. The molecule has 0 radical (unpaired) electrons. The predicted octanol–water partition coefficient (Wildman–Crippen LogP) is 5.96. The second kappa shape index (κ2) is 21.3. The molecule has 1 saturated carbocycles. The van der Waals surface area contributed by atoms with Crippen LogP contribution < -0.4 is 10.1 Å². The number of hydrogen-bond acceptors (Lipinski definition) is 7. The average molecular weight is 674 g/mol. The fraction of sp³-hybridized carbons (Fsp3) is 0.649. The number of rotatable bonds is 24. The number of allylic oxidation sites excluding steroid dienone is 1. The van der Waals surface area contributed by atoms with E-state index >= 15 is 0 Å². The lowest BCUT2D eigenvalue weighted by Crippen LogP contribution is -2.55. The van der Waals surface area contributed by atoms with Crippen molar-refractivity contribution < 1.29 is 49.1 Å². The minimum Gasteiger partial charge on any atom is -0.494 e. The molecule has 2 rings (SSSR count). The van der Waals surface area contributed by atoms with E-state index in [0.29, 0.717) is 61.2 Å². The van der Waals surface area contributed by atoms with E-state index in [1.54, 1.807) is 24.3 Å². The van der Waals surface area contributed by atoms with Crippen LogP contribution in [0.1, 0.15) is 116 Å². The molecule has 1 aliphatic carbocycles. The highest BCUT2D eigenvalue weighted by molar-refractivity contribution is 5.94. The first kappa shape index (κ1) is 40.4. The molecule has 268 valence electrons. The Kier molecular flexibility index (Phi) is 17.9. The number of ether oxygens (including phenoxy) is 1. The van der Waals surface area contributed by atoms with E-state index in [4.69, 9.17) is 4.74 Å². The standard InChI is InChI=1S/C37H55NO10/c1-26(2)22-23-48-30-20-17-28(18-21-30)24-32(35(43)44)38-34(42)31(37(47,36(45)46)25-33(40)41)15-11-6-4-3-5-10-14-29(39)19-16-27-12-8-7-9-13-27/h11,15,17-18,20-21,26-27,31-32,47H,3-10,12-14,16,19,22-25H2,1-2H3,(H,38,42)(H,40,41)(H,43,44)(H,45,46)/b15-11+. The Labute approximate surface area is 284 Å². The Balaban J connectivity index is 1.96.